The largest absolute Gasteiger partial charge is 0.384 e. The highest BCUT2D eigenvalue weighted by atomic mass is 15.3. The van der Waals surface area contributed by atoms with Crippen LogP contribution < -0.4 is 5.73 Å². The van der Waals surface area contributed by atoms with Crippen molar-refractivity contribution in [1.82, 2.24) is 9.78 Å². The van der Waals surface area contributed by atoms with Crippen LogP contribution in [0.1, 0.15) is 30.0 Å². The number of nitrogens with one attached hydrogen (secondary N) is 1. The Hall–Kier alpha value is -2.62. The molecule has 4 heteroatoms. The topological polar surface area (TPSA) is 67.7 Å². The highest BCUT2D eigenvalue weighted by Gasteiger charge is 2.26. The van der Waals surface area contributed by atoms with E-state index in [1.807, 2.05) is 41.2 Å². The van der Waals surface area contributed by atoms with Crippen molar-refractivity contribution in [3.63, 3.8) is 0 Å². The van der Waals surface area contributed by atoms with Gasteiger partial charge in [-0.3, -0.25) is 5.41 Å². The summed E-state index contributed by atoms with van der Waals surface area (Å²) in [5.41, 5.74) is 8.65. The molecule has 2 aromatic carbocycles. The summed E-state index contributed by atoms with van der Waals surface area (Å²) in [6.07, 6.45) is 4.52. The maximum Gasteiger partial charge on any atom is 0.123 e. The van der Waals surface area contributed by atoms with E-state index in [0.29, 0.717) is 5.92 Å². The molecule has 3 aromatic rings. The number of nitrogens with zero attached hydrogens (tertiary/aromatic N) is 2. The Morgan fingerprint density at radius 3 is 2.57 bits per heavy atom. The molecule has 0 spiro atoms. The standard InChI is InChI=1S/C17H16N4/c18-17(19)14-7-8-16(13-4-2-1-3-12(13)14)21-10-9-15(20-21)11-5-6-11/h1-4,7-11H,5-6H2,(H3,18,19). The Bertz CT molecular complexity index is 843. The fourth-order valence-corrected chi connectivity index (χ4v) is 2.79. The third-order valence-corrected chi connectivity index (χ3v) is 4.04. The molecular formula is C17H16N4. The number of hydrogen-bond donors (Lipinski definition) is 2. The number of amidine groups is 1. The summed E-state index contributed by atoms with van der Waals surface area (Å²) in [5, 5.41) is 14.5. The lowest BCUT2D eigenvalue weighted by Crippen LogP contribution is -2.12. The van der Waals surface area contributed by atoms with Crippen LogP contribution >= 0.6 is 0 Å². The number of rotatable bonds is 3. The first kappa shape index (κ1) is 12.1. The van der Waals surface area contributed by atoms with E-state index in [4.69, 9.17) is 16.2 Å². The SMILES string of the molecule is N=C(N)c1ccc(-n2ccc(C3CC3)n2)c2ccccc12. The Kier molecular flexibility index (Phi) is 2.57. The van der Waals surface area contributed by atoms with Gasteiger partial charge in [0.15, 0.2) is 0 Å². The van der Waals surface area contributed by atoms with E-state index < -0.39 is 0 Å². The van der Waals surface area contributed by atoms with E-state index in [9.17, 15) is 0 Å². The smallest absolute Gasteiger partial charge is 0.123 e. The van der Waals surface area contributed by atoms with Crippen molar-refractivity contribution < 1.29 is 0 Å². The quantitative estimate of drug-likeness (QED) is 0.570. The third kappa shape index (κ3) is 2.00. The van der Waals surface area contributed by atoms with Crippen LogP contribution in [-0.4, -0.2) is 15.6 Å². The summed E-state index contributed by atoms with van der Waals surface area (Å²) < 4.78 is 1.93. The molecule has 0 bridgehead atoms. The molecular weight excluding hydrogens is 260 g/mol. The van der Waals surface area contributed by atoms with Crippen molar-refractivity contribution in [1.29, 1.82) is 5.41 Å². The Balaban J connectivity index is 1.92. The van der Waals surface area contributed by atoms with Crippen molar-refractivity contribution in [2.24, 2.45) is 5.73 Å². The van der Waals surface area contributed by atoms with E-state index in [0.717, 1.165) is 22.0 Å². The summed E-state index contributed by atoms with van der Waals surface area (Å²) in [5.74, 6) is 0.742. The van der Waals surface area contributed by atoms with Crippen LogP contribution in [0.3, 0.4) is 0 Å². The lowest BCUT2D eigenvalue weighted by Gasteiger charge is -2.10. The number of fused-ring (bicyclic) bond motifs is 1. The summed E-state index contributed by atoms with van der Waals surface area (Å²) in [7, 11) is 0. The molecule has 1 aromatic heterocycles. The average Bonchev–Trinajstić information content (AvgIpc) is 3.24. The van der Waals surface area contributed by atoms with E-state index in [2.05, 4.69) is 12.1 Å². The minimum Gasteiger partial charge on any atom is -0.384 e. The predicted octanol–water partition coefficient (Wildman–Crippen LogP) is 3.19. The van der Waals surface area contributed by atoms with Crippen LogP contribution in [0, 0.1) is 5.41 Å². The minimum absolute atomic E-state index is 0.0943. The summed E-state index contributed by atoms with van der Waals surface area (Å²) in [6.45, 7) is 0. The Morgan fingerprint density at radius 2 is 1.86 bits per heavy atom. The molecule has 4 rings (SSSR count). The van der Waals surface area contributed by atoms with Crippen LogP contribution in [0.5, 0.6) is 0 Å². The zero-order chi connectivity index (χ0) is 14.4. The fourth-order valence-electron chi connectivity index (χ4n) is 2.79. The van der Waals surface area contributed by atoms with Crippen molar-refractivity contribution in [3.05, 3.63) is 59.9 Å². The summed E-state index contributed by atoms with van der Waals surface area (Å²) >= 11 is 0. The molecule has 3 N–H and O–H groups in total. The number of nitrogens with two attached hydrogens (primary N) is 1. The first-order chi connectivity index (χ1) is 10.2. The molecule has 21 heavy (non-hydrogen) atoms. The lowest BCUT2D eigenvalue weighted by molar-refractivity contribution is 0.842. The summed E-state index contributed by atoms with van der Waals surface area (Å²) in [4.78, 5) is 0. The van der Waals surface area contributed by atoms with Gasteiger partial charge in [0.25, 0.3) is 0 Å². The Labute approximate surface area is 122 Å². The normalized spacial score (nSPS) is 14.5. The number of benzene rings is 2. The van der Waals surface area contributed by atoms with Crippen molar-refractivity contribution >= 4 is 16.6 Å². The molecule has 1 saturated carbocycles. The van der Waals surface area contributed by atoms with Gasteiger partial charge in [0.1, 0.15) is 5.84 Å². The van der Waals surface area contributed by atoms with Crippen LogP contribution in [0.4, 0.5) is 0 Å². The van der Waals surface area contributed by atoms with Gasteiger partial charge in [0.05, 0.1) is 11.4 Å². The molecule has 0 unspecified atom stereocenters. The molecule has 1 aliphatic rings. The molecule has 0 aliphatic heterocycles. The fraction of sp³-hybridized carbons (Fsp3) is 0.176. The molecule has 0 atom stereocenters. The summed E-state index contributed by atoms with van der Waals surface area (Å²) in [6, 6.07) is 14.0. The second-order valence-electron chi connectivity index (χ2n) is 5.55. The zero-order valence-corrected chi connectivity index (χ0v) is 11.6. The second kappa shape index (κ2) is 4.45. The minimum atomic E-state index is 0.0943. The first-order valence-corrected chi connectivity index (χ1v) is 7.16. The monoisotopic (exact) mass is 276 g/mol. The van der Waals surface area contributed by atoms with Crippen LogP contribution in [-0.2, 0) is 0 Å². The van der Waals surface area contributed by atoms with Gasteiger partial charge in [-0.15, -0.1) is 0 Å². The van der Waals surface area contributed by atoms with Gasteiger partial charge in [-0.1, -0.05) is 24.3 Å². The van der Waals surface area contributed by atoms with Crippen LogP contribution in [0.25, 0.3) is 16.5 Å². The highest BCUT2D eigenvalue weighted by Crippen LogP contribution is 2.39. The van der Waals surface area contributed by atoms with Gasteiger partial charge in [0.2, 0.25) is 0 Å². The molecule has 0 radical (unpaired) electrons. The first-order valence-electron chi connectivity index (χ1n) is 7.16. The van der Waals surface area contributed by atoms with Crippen LogP contribution in [0.15, 0.2) is 48.7 Å². The zero-order valence-electron chi connectivity index (χ0n) is 11.6. The number of nitrogen functional groups attached to an aromatic ring is 1. The van der Waals surface area contributed by atoms with Gasteiger partial charge in [-0.25, -0.2) is 4.68 Å². The van der Waals surface area contributed by atoms with Gasteiger partial charge in [-0.2, -0.15) is 5.10 Å². The molecule has 4 nitrogen and oxygen atoms in total. The lowest BCUT2D eigenvalue weighted by atomic mass is 10.0. The molecule has 104 valence electrons. The maximum absolute atomic E-state index is 7.72. The molecule has 0 amide bonds. The van der Waals surface area contributed by atoms with E-state index in [1.54, 1.807) is 0 Å². The van der Waals surface area contributed by atoms with Crippen LogP contribution in [0.2, 0.25) is 0 Å². The van der Waals surface area contributed by atoms with Gasteiger partial charge >= 0.3 is 0 Å². The van der Waals surface area contributed by atoms with Crippen molar-refractivity contribution in [2.45, 2.75) is 18.8 Å². The van der Waals surface area contributed by atoms with Gasteiger partial charge in [0, 0.05) is 23.1 Å². The predicted molar refractivity (Wildman–Crippen MR) is 84.1 cm³/mol. The molecule has 0 saturated heterocycles. The van der Waals surface area contributed by atoms with Gasteiger partial charge < -0.3 is 5.73 Å². The van der Waals surface area contributed by atoms with Gasteiger partial charge in [-0.05, 0) is 36.4 Å². The third-order valence-electron chi connectivity index (χ3n) is 4.04. The molecule has 1 aliphatic carbocycles. The van der Waals surface area contributed by atoms with E-state index >= 15 is 0 Å². The van der Waals surface area contributed by atoms with Crippen molar-refractivity contribution in [2.75, 3.05) is 0 Å². The Morgan fingerprint density at radius 1 is 1.10 bits per heavy atom. The molecule has 1 heterocycles. The highest BCUT2D eigenvalue weighted by molar-refractivity contribution is 6.09. The maximum atomic E-state index is 7.72. The number of hydrogen-bond acceptors (Lipinski definition) is 2. The average molecular weight is 276 g/mol. The van der Waals surface area contributed by atoms with Crippen molar-refractivity contribution in [3.8, 4) is 5.69 Å². The van der Waals surface area contributed by atoms with E-state index in [-0.39, 0.29) is 5.84 Å². The van der Waals surface area contributed by atoms with E-state index in [1.165, 1.54) is 18.5 Å². The second-order valence-corrected chi connectivity index (χ2v) is 5.55. The molecule has 1 fully saturated rings. The number of aromatic nitrogens is 2.